The van der Waals surface area contributed by atoms with E-state index in [0.29, 0.717) is 13.1 Å². The Bertz CT molecular complexity index is 561. The first-order chi connectivity index (χ1) is 10.7. The van der Waals surface area contributed by atoms with Gasteiger partial charge in [0.05, 0.1) is 18.7 Å². The molecular formula is C16H27N5O2. The van der Waals surface area contributed by atoms with Crippen LogP contribution in [-0.2, 0) is 23.2 Å². The Morgan fingerprint density at radius 1 is 1.48 bits per heavy atom. The van der Waals surface area contributed by atoms with Crippen LogP contribution in [0.3, 0.4) is 0 Å². The molecule has 0 saturated carbocycles. The van der Waals surface area contributed by atoms with Crippen molar-refractivity contribution in [2.45, 2.75) is 39.8 Å². The summed E-state index contributed by atoms with van der Waals surface area (Å²) >= 11 is 0. The van der Waals surface area contributed by atoms with Gasteiger partial charge in [0.1, 0.15) is 0 Å². The first-order valence-corrected chi connectivity index (χ1v) is 8.00. The van der Waals surface area contributed by atoms with Crippen LogP contribution in [0.2, 0.25) is 0 Å². The minimum atomic E-state index is -0.392. The zero-order valence-electron chi connectivity index (χ0n) is 14.4. The van der Waals surface area contributed by atoms with Crippen molar-refractivity contribution in [2.24, 2.45) is 12.5 Å². The molecule has 0 aliphatic carbocycles. The Balaban J connectivity index is 1.91. The lowest BCUT2D eigenvalue weighted by Crippen LogP contribution is -2.58. The van der Waals surface area contributed by atoms with Gasteiger partial charge in [-0.2, -0.15) is 5.10 Å². The summed E-state index contributed by atoms with van der Waals surface area (Å²) in [6, 6.07) is -0.392. The average molecular weight is 321 g/mol. The van der Waals surface area contributed by atoms with Crippen molar-refractivity contribution in [1.29, 1.82) is 0 Å². The molecule has 1 aromatic heterocycles. The Morgan fingerprint density at radius 3 is 2.83 bits per heavy atom. The number of rotatable bonds is 5. The van der Waals surface area contributed by atoms with Crippen LogP contribution in [0.5, 0.6) is 0 Å². The van der Waals surface area contributed by atoms with Gasteiger partial charge in [-0.3, -0.25) is 19.2 Å². The number of carbonyl (C=O) groups excluding carboxylic acids is 2. The van der Waals surface area contributed by atoms with Crippen LogP contribution in [-0.4, -0.2) is 52.2 Å². The molecule has 0 unspecified atom stereocenters. The Labute approximate surface area is 137 Å². The molecule has 0 spiro atoms. The maximum Gasteiger partial charge on any atom is 0.237 e. The number of aromatic nitrogens is 2. The molecular weight excluding hydrogens is 294 g/mol. The highest BCUT2D eigenvalue weighted by molar-refractivity contribution is 5.88. The molecule has 1 aromatic rings. The fraction of sp³-hybridized carbons (Fsp3) is 0.688. The van der Waals surface area contributed by atoms with E-state index in [2.05, 4.69) is 41.4 Å². The lowest BCUT2D eigenvalue weighted by molar-refractivity contribution is -0.134. The molecule has 2 rings (SSSR count). The van der Waals surface area contributed by atoms with Gasteiger partial charge < -0.3 is 10.6 Å². The van der Waals surface area contributed by atoms with Crippen molar-refractivity contribution in [3.63, 3.8) is 0 Å². The Kier molecular flexibility index (Phi) is 5.41. The number of piperazine rings is 1. The summed E-state index contributed by atoms with van der Waals surface area (Å²) in [6.07, 6.45) is 3.77. The largest absolute Gasteiger partial charge is 0.353 e. The molecule has 2 N–H and O–H groups in total. The summed E-state index contributed by atoms with van der Waals surface area (Å²) in [4.78, 5) is 26.5. The van der Waals surface area contributed by atoms with Crippen molar-refractivity contribution >= 4 is 11.8 Å². The van der Waals surface area contributed by atoms with E-state index in [4.69, 9.17) is 0 Å². The van der Waals surface area contributed by atoms with Gasteiger partial charge in [0.15, 0.2) is 0 Å². The average Bonchev–Trinajstić information content (AvgIpc) is 2.85. The highest BCUT2D eigenvalue weighted by Gasteiger charge is 2.33. The van der Waals surface area contributed by atoms with E-state index in [-0.39, 0.29) is 23.7 Å². The van der Waals surface area contributed by atoms with Crippen molar-refractivity contribution in [1.82, 2.24) is 25.3 Å². The fourth-order valence-electron chi connectivity index (χ4n) is 2.79. The zero-order chi connectivity index (χ0) is 17.0. The van der Waals surface area contributed by atoms with E-state index in [1.165, 1.54) is 0 Å². The quantitative estimate of drug-likeness (QED) is 0.816. The summed E-state index contributed by atoms with van der Waals surface area (Å²) in [6.45, 7) is 9.06. The molecule has 0 radical (unpaired) electrons. The van der Waals surface area contributed by atoms with Gasteiger partial charge in [-0.15, -0.1) is 0 Å². The molecule has 128 valence electrons. The van der Waals surface area contributed by atoms with Crippen LogP contribution in [0.25, 0.3) is 0 Å². The molecule has 0 aromatic carbocycles. The second kappa shape index (κ2) is 7.12. The van der Waals surface area contributed by atoms with Crippen LogP contribution in [0.1, 0.15) is 32.8 Å². The minimum absolute atomic E-state index is 0.0583. The van der Waals surface area contributed by atoms with Crippen molar-refractivity contribution in [2.75, 3.05) is 19.6 Å². The Hall–Kier alpha value is -1.89. The maximum absolute atomic E-state index is 12.2. The third kappa shape index (κ3) is 5.35. The van der Waals surface area contributed by atoms with Crippen molar-refractivity contribution in [3.05, 3.63) is 18.0 Å². The SMILES string of the molecule is Cn1cc(CNC(=O)C[C@H]2C(=O)NCCN2CC(C)(C)C)cn1. The van der Waals surface area contributed by atoms with Gasteiger partial charge in [0.2, 0.25) is 11.8 Å². The number of carbonyl (C=O) groups is 2. The van der Waals surface area contributed by atoms with Crippen molar-refractivity contribution < 1.29 is 9.59 Å². The number of aryl methyl sites for hydroxylation is 1. The van der Waals surface area contributed by atoms with Gasteiger partial charge in [0, 0.05) is 45.0 Å². The van der Waals surface area contributed by atoms with Gasteiger partial charge >= 0.3 is 0 Å². The molecule has 2 heterocycles. The molecule has 1 atom stereocenters. The van der Waals surface area contributed by atoms with Gasteiger partial charge in [-0.25, -0.2) is 0 Å². The van der Waals surface area contributed by atoms with Crippen LogP contribution in [0.4, 0.5) is 0 Å². The molecule has 7 nitrogen and oxygen atoms in total. The topological polar surface area (TPSA) is 79.3 Å². The van der Waals surface area contributed by atoms with Crippen LogP contribution >= 0.6 is 0 Å². The standard InChI is InChI=1S/C16H27N5O2/c1-16(2,3)11-21-6-5-17-15(23)13(21)7-14(22)18-8-12-9-19-20(4)10-12/h9-10,13H,5-8,11H2,1-4H3,(H,17,23)(H,18,22)/t13-/m0/s1. The van der Waals surface area contributed by atoms with Gasteiger partial charge in [-0.05, 0) is 5.41 Å². The highest BCUT2D eigenvalue weighted by Crippen LogP contribution is 2.19. The number of nitrogens with zero attached hydrogens (tertiary/aromatic N) is 3. The van der Waals surface area contributed by atoms with E-state index in [1.807, 2.05) is 13.2 Å². The summed E-state index contributed by atoms with van der Waals surface area (Å²) in [5.74, 6) is -0.174. The summed E-state index contributed by atoms with van der Waals surface area (Å²) in [7, 11) is 1.84. The first kappa shape index (κ1) is 17.5. The van der Waals surface area contributed by atoms with Crippen LogP contribution in [0.15, 0.2) is 12.4 Å². The van der Waals surface area contributed by atoms with E-state index in [1.54, 1.807) is 10.9 Å². The van der Waals surface area contributed by atoms with Gasteiger partial charge in [0.25, 0.3) is 0 Å². The Morgan fingerprint density at radius 2 is 2.22 bits per heavy atom. The molecule has 1 aliphatic heterocycles. The smallest absolute Gasteiger partial charge is 0.237 e. The molecule has 1 aliphatic rings. The third-order valence-electron chi connectivity index (χ3n) is 3.75. The number of hydrogen-bond donors (Lipinski definition) is 2. The summed E-state index contributed by atoms with van der Waals surface area (Å²) < 4.78 is 1.70. The molecule has 1 fully saturated rings. The van der Waals surface area contributed by atoms with Crippen LogP contribution < -0.4 is 10.6 Å². The predicted molar refractivity (Wildman–Crippen MR) is 87.5 cm³/mol. The van der Waals surface area contributed by atoms with E-state index in [0.717, 1.165) is 18.7 Å². The molecule has 0 bridgehead atoms. The highest BCUT2D eigenvalue weighted by atomic mass is 16.2. The minimum Gasteiger partial charge on any atom is -0.353 e. The van der Waals surface area contributed by atoms with E-state index >= 15 is 0 Å². The monoisotopic (exact) mass is 321 g/mol. The molecule has 1 saturated heterocycles. The summed E-state index contributed by atoms with van der Waals surface area (Å²) in [5, 5.41) is 9.79. The number of hydrogen-bond acceptors (Lipinski definition) is 4. The second-order valence-corrected chi connectivity index (χ2v) is 7.34. The summed E-state index contributed by atoms with van der Waals surface area (Å²) in [5.41, 5.74) is 1.03. The van der Waals surface area contributed by atoms with E-state index < -0.39 is 6.04 Å². The second-order valence-electron chi connectivity index (χ2n) is 7.34. The number of nitrogens with one attached hydrogen (secondary N) is 2. The molecule has 23 heavy (non-hydrogen) atoms. The predicted octanol–water partition coefficient (Wildman–Crippen LogP) is 0.273. The van der Waals surface area contributed by atoms with Gasteiger partial charge in [-0.1, -0.05) is 20.8 Å². The lowest BCUT2D eigenvalue weighted by Gasteiger charge is -2.38. The molecule has 7 heteroatoms. The normalized spacial score (nSPS) is 19.5. The van der Waals surface area contributed by atoms with Crippen molar-refractivity contribution in [3.8, 4) is 0 Å². The molecule has 2 amide bonds. The maximum atomic E-state index is 12.2. The van der Waals surface area contributed by atoms with E-state index in [9.17, 15) is 9.59 Å². The fourth-order valence-corrected chi connectivity index (χ4v) is 2.79. The van der Waals surface area contributed by atoms with Crippen LogP contribution in [0, 0.1) is 5.41 Å². The zero-order valence-corrected chi connectivity index (χ0v) is 14.4. The lowest BCUT2D eigenvalue weighted by atomic mass is 9.94. The third-order valence-corrected chi connectivity index (χ3v) is 3.75. The number of amides is 2. The first-order valence-electron chi connectivity index (χ1n) is 8.00.